The zero-order valence-corrected chi connectivity index (χ0v) is 25.0. The third-order valence-corrected chi connectivity index (χ3v) is 9.42. The molecule has 2 aliphatic rings. The summed E-state index contributed by atoms with van der Waals surface area (Å²) >= 11 is 0. The topological polar surface area (TPSA) is 74.6 Å². The molecule has 0 aromatic heterocycles. The summed E-state index contributed by atoms with van der Waals surface area (Å²) in [5.74, 6) is 0.726. The van der Waals surface area contributed by atoms with E-state index in [0.717, 1.165) is 73.6 Å². The molecule has 4 atom stereocenters. The highest BCUT2D eigenvalue weighted by Crippen LogP contribution is 2.28. The number of quaternary nitrogens is 2. The summed E-state index contributed by atoms with van der Waals surface area (Å²) in [6.45, 7) is 1.37. The first-order valence-corrected chi connectivity index (χ1v) is 15.2. The summed E-state index contributed by atoms with van der Waals surface area (Å²) in [5, 5.41) is 20.7. The van der Waals surface area contributed by atoms with E-state index in [1.807, 2.05) is 52.5 Å². The van der Waals surface area contributed by atoms with Gasteiger partial charge in [-0.05, 0) is 47.9 Å². The average molecular weight is 551 g/mol. The minimum absolute atomic E-state index is 0.166. The van der Waals surface area contributed by atoms with Crippen molar-refractivity contribution in [1.29, 1.82) is 0 Å². The maximum absolute atomic E-state index is 13.1. The van der Waals surface area contributed by atoms with Crippen LogP contribution in [0, 0.1) is 11.8 Å². The zero-order chi connectivity index (χ0) is 28.9. The number of hydrogen-bond acceptors (Lipinski definition) is 4. The summed E-state index contributed by atoms with van der Waals surface area (Å²) in [5.41, 5.74) is 4.15. The van der Waals surface area contributed by atoms with Crippen LogP contribution < -0.4 is 0 Å². The van der Waals surface area contributed by atoms with Crippen molar-refractivity contribution < 1.29 is 28.8 Å². The van der Waals surface area contributed by atoms with Crippen molar-refractivity contribution >= 4 is 11.8 Å². The predicted molar refractivity (Wildman–Crippen MR) is 159 cm³/mol. The molecule has 0 bridgehead atoms. The molecule has 218 valence electrons. The highest BCUT2D eigenvalue weighted by molar-refractivity contribution is 5.74. The summed E-state index contributed by atoms with van der Waals surface area (Å²) in [7, 11) is 7.85. The smallest absolute Gasteiger partial charge is 0.317 e. The molecule has 0 saturated heterocycles. The molecule has 2 saturated carbocycles. The first kappa shape index (κ1) is 30.6. The Morgan fingerprint density at radius 3 is 1.25 bits per heavy atom. The van der Waals surface area contributed by atoms with Gasteiger partial charge in [0.25, 0.3) is 0 Å². The fourth-order valence-corrected chi connectivity index (χ4v) is 6.59. The third kappa shape index (κ3) is 7.88. The zero-order valence-electron chi connectivity index (χ0n) is 25.0. The van der Waals surface area contributed by atoms with Crippen LogP contribution in [0.5, 0.6) is 0 Å². The molecule has 4 unspecified atom stereocenters. The molecular weight excluding hydrogens is 500 g/mol. The van der Waals surface area contributed by atoms with Gasteiger partial charge in [0.05, 0.1) is 66.3 Å². The standard InChI is InChI=1S/C34H50N2O4/c1-35(2,23-29-9-5-7-11-31(29)37)33(39)21-25-13-17-27(18-14-25)28-19-15-26(16-20-28)22-34(40)36(3,4)24-30-10-6-8-12-32(30)38/h13-20,29-32,37-38H,5-12,21-24H2,1-4H3/q+2. The Balaban J connectivity index is 1.31. The molecule has 4 rings (SSSR count). The Morgan fingerprint density at radius 1 is 0.600 bits per heavy atom. The van der Waals surface area contributed by atoms with Gasteiger partial charge in [-0.2, -0.15) is 0 Å². The number of amides is 2. The van der Waals surface area contributed by atoms with E-state index in [1.165, 1.54) is 0 Å². The van der Waals surface area contributed by atoms with E-state index < -0.39 is 0 Å². The molecule has 40 heavy (non-hydrogen) atoms. The lowest BCUT2D eigenvalue weighted by Gasteiger charge is -2.35. The normalized spacial score (nSPS) is 24.1. The average Bonchev–Trinajstić information content (AvgIpc) is 2.92. The Kier molecular flexibility index (Phi) is 9.99. The van der Waals surface area contributed by atoms with Gasteiger partial charge in [0, 0.05) is 11.8 Å². The van der Waals surface area contributed by atoms with E-state index in [4.69, 9.17) is 0 Å². The Bertz CT molecular complexity index is 1050. The Labute approximate surface area is 240 Å². The highest BCUT2D eigenvalue weighted by atomic mass is 16.3. The minimum atomic E-state index is -0.288. The minimum Gasteiger partial charge on any atom is -0.393 e. The van der Waals surface area contributed by atoms with Crippen molar-refractivity contribution in [2.24, 2.45) is 11.8 Å². The van der Waals surface area contributed by atoms with Crippen LogP contribution in [0.25, 0.3) is 11.1 Å². The van der Waals surface area contributed by atoms with Crippen LogP contribution in [-0.2, 0) is 22.4 Å². The number of aliphatic hydroxyl groups excluding tert-OH is 2. The van der Waals surface area contributed by atoms with E-state index >= 15 is 0 Å². The quantitative estimate of drug-likeness (QED) is 0.442. The van der Waals surface area contributed by atoms with E-state index in [0.29, 0.717) is 34.9 Å². The van der Waals surface area contributed by atoms with E-state index in [-0.39, 0.29) is 35.9 Å². The van der Waals surface area contributed by atoms with Crippen molar-refractivity contribution in [3.8, 4) is 11.1 Å². The molecule has 2 N–H and O–H groups in total. The molecule has 0 radical (unpaired) electrons. The van der Waals surface area contributed by atoms with Crippen molar-refractivity contribution in [3.63, 3.8) is 0 Å². The molecular formula is C34H50N2O4+2. The number of nitrogens with zero attached hydrogens (tertiary/aromatic N) is 2. The second kappa shape index (κ2) is 13.1. The second-order valence-corrected chi connectivity index (χ2v) is 13.5. The third-order valence-electron chi connectivity index (χ3n) is 9.42. The molecule has 2 fully saturated rings. The van der Waals surface area contributed by atoms with Gasteiger partial charge in [0.1, 0.15) is 0 Å². The van der Waals surface area contributed by atoms with Crippen LogP contribution in [-0.4, -0.2) is 84.5 Å². The number of hydrogen-bond donors (Lipinski definition) is 2. The maximum Gasteiger partial charge on any atom is 0.317 e. The largest absolute Gasteiger partial charge is 0.393 e. The summed E-state index contributed by atoms with van der Waals surface area (Å²) in [6.07, 6.45) is 8.30. The van der Waals surface area contributed by atoms with Crippen molar-refractivity contribution in [3.05, 3.63) is 59.7 Å². The van der Waals surface area contributed by atoms with Gasteiger partial charge in [0.15, 0.2) is 0 Å². The molecule has 2 aromatic carbocycles. The fourth-order valence-electron chi connectivity index (χ4n) is 6.59. The SMILES string of the molecule is C[N+](C)(CC1CCCCC1O)C(=O)Cc1ccc(-c2ccc(CC(=O)[N+](C)(C)CC3CCCCC3O)cc2)cc1. The lowest BCUT2D eigenvalue weighted by Crippen LogP contribution is -2.51. The Morgan fingerprint density at radius 2 is 0.925 bits per heavy atom. The molecule has 6 nitrogen and oxygen atoms in total. The van der Waals surface area contributed by atoms with Crippen LogP contribution in [0.2, 0.25) is 0 Å². The second-order valence-electron chi connectivity index (χ2n) is 13.5. The number of aliphatic hydroxyl groups is 2. The highest BCUT2D eigenvalue weighted by Gasteiger charge is 2.35. The molecule has 2 aliphatic carbocycles. The number of rotatable bonds is 9. The van der Waals surface area contributed by atoms with Crippen LogP contribution in [0.15, 0.2) is 48.5 Å². The van der Waals surface area contributed by atoms with Gasteiger partial charge in [-0.15, -0.1) is 0 Å². The lowest BCUT2D eigenvalue weighted by molar-refractivity contribution is -0.818. The van der Waals surface area contributed by atoms with Crippen molar-refractivity contribution in [2.45, 2.75) is 76.4 Å². The van der Waals surface area contributed by atoms with E-state index in [2.05, 4.69) is 24.3 Å². The summed E-state index contributed by atoms with van der Waals surface area (Å²) in [4.78, 5) is 26.3. The van der Waals surface area contributed by atoms with Crippen LogP contribution in [0.1, 0.15) is 62.5 Å². The van der Waals surface area contributed by atoms with Gasteiger partial charge in [-0.25, -0.2) is 9.59 Å². The van der Waals surface area contributed by atoms with Crippen molar-refractivity contribution in [1.82, 2.24) is 0 Å². The van der Waals surface area contributed by atoms with Crippen LogP contribution in [0.4, 0.5) is 0 Å². The number of likely N-dealkylation sites (N-methyl/N-ethyl adjacent to an activating group) is 2. The predicted octanol–water partition coefficient (Wildman–Crippen LogP) is 4.75. The number of carbonyl (C=O) groups is 2. The van der Waals surface area contributed by atoms with Gasteiger partial charge in [0.2, 0.25) is 0 Å². The molecule has 0 aliphatic heterocycles. The van der Waals surface area contributed by atoms with Gasteiger partial charge in [-0.1, -0.05) is 74.2 Å². The summed E-state index contributed by atoms with van der Waals surface area (Å²) < 4.78 is 0.584. The van der Waals surface area contributed by atoms with Gasteiger partial charge < -0.3 is 10.2 Å². The fraction of sp³-hybridized carbons (Fsp3) is 0.588. The monoisotopic (exact) mass is 550 g/mol. The molecule has 0 heterocycles. The molecule has 2 aromatic rings. The maximum atomic E-state index is 13.1. The summed E-state index contributed by atoms with van der Waals surface area (Å²) in [6, 6.07) is 16.3. The van der Waals surface area contributed by atoms with Crippen LogP contribution in [0.3, 0.4) is 0 Å². The van der Waals surface area contributed by atoms with Gasteiger partial charge in [-0.3, -0.25) is 8.97 Å². The molecule has 0 spiro atoms. The Hall–Kier alpha value is -2.38. The van der Waals surface area contributed by atoms with E-state index in [9.17, 15) is 19.8 Å². The van der Waals surface area contributed by atoms with E-state index in [1.54, 1.807) is 0 Å². The first-order valence-electron chi connectivity index (χ1n) is 15.2. The molecule has 2 amide bonds. The van der Waals surface area contributed by atoms with Gasteiger partial charge >= 0.3 is 11.8 Å². The number of benzene rings is 2. The molecule has 6 heteroatoms. The first-order chi connectivity index (χ1) is 18.9. The lowest BCUT2D eigenvalue weighted by atomic mass is 9.85. The number of carbonyl (C=O) groups excluding carboxylic acids is 2. The van der Waals surface area contributed by atoms with Crippen LogP contribution >= 0.6 is 0 Å². The van der Waals surface area contributed by atoms with Crippen molar-refractivity contribution in [2.75, 3.05) is 41.3 Å².